The van der Waals surface area contributed by atoms with Gasteiger partial charge in [0.2, 0.25) is 0 Å². The monoisotopic (exact) mass is 356 g/mol. The number of nitrogens with zero attached hydrogens (tertiary/aromatic N) is 5. The number of fused-ring (bicyclic) bond motifs is 1. The highest BCUT2D eigenvalue weighted by atomic mass is 19.4. The van der Waals surface area contributed by atoms with E-state index in [0.717, 1.165) is 6.20 Å². The maximum absolute atomic E-state index is 12.8. The molecule has 2 aromatic rings. The topological polar surface area (TPSA) is 68.0 Å². The van der Waals surface area contributed by atoms with Gasteiger partial charge in [-0.05, 0) is 12.3 Å². The molecular formula is C15H19F3N6O. The second kappa shape index (κ2) is 6.41. The molecule has 1 atom stereocenters. The fourth-order valence-corrected chi connectivity index (χ4v) is 2.97. The highest BCUT2D eigenvalue weighted by molar-refractivity contribution is 5.88. The van der Waals surface area contributed by atoms with E-state index >= 15 is 0 Å². The number of carbonyl (C=O) groups is 1. The first-order valence-corrected chi connectivity index (χ1v) is 7.87. The number of aryl methyl sites for hydroxylation is 2. The van der Waals surface area contributed by atoms with Gasteiger partial charge in [0.1, 0.15) is 11.6 Å². The second-order valence-corrected chi connectivity index (χ2v) is 6.25. The number of nitrogens with one attached hydrogen (secondary N) is 1. The lowest BCUT2D eigenvalue weighted by molar-refractivity contribution is -0.141. The molecule has 7 nitrogen and oxygen atoms in total. The summed E-state index contributed by atoms with van der Waals surface area (Å²) in [6.45, 7) is 0.865. The Bertz CT molecular complexity index is 766. The first-order valence-electron chi connectivity index (χ1n) is 7.87. The van der Waals surface area contributed by atoms with Gasteiger partial charge in [-0.2, -0.15) is 18.3 Å². The van der Waals surface area contributed by atoms with E-state index in [0.29, 0.717) is 37.6 Å². The molecule has 0 spiro atoms. The number of rotatable bonds is 3. The lowest BCUT2D eigenvalue weighted by Crippen LogP contribution is -2.38. The number of amides is 2. The Kier molecular flexibility index (Phi) is 4.44. The molecule has 2 amide bonds. The van der Waals surface area contributed by atoms with E-state index < -0.39 is 11.9 Å². The molecular weight excluding hydrogens is 337 g/mol. The van der Waals surface area contributed by atoms with E-state index in [-0.39, 0.29) is 11.9 Å². The summed E-state index contributed by atoms with van der Waals surface area (Å²) in [4.78, 5) is 17.4. The van der Waals surface area contributed by atoms with Crippen LogP contribution in [-0.2, 0) is 26.2 Å². The lowest BCUT2D eigenvalue weighted by Gasteiger charge is -2.28. The molecule has 3 rings (SSSR count). The molecule has 1 N–H and O–H groups in total. The van der Waals surface area contributed by atoms with Crippen LogP contribution in [0.1, 0.15) is 17.9 Å². The molecule has 10 heteroatoms. The number of urea groups is 1. The van der Waals surface area contributed by atoms with Crippen molar-refractivity contribution in [3.8, 4) is 0 Å². The molecule has 1 aliphatic heterocycles. The van der Waals surface area contributed by atoms with Crippen molar-refractivity contribution in [2.75, 3.05) is 18.9 Å². The van der Waals surface area contributed by atoms with Crippen molar-refractivity contribution >= 4 is 11.8 Å². The Labute approximate surface area is 142 Å². The summed E-state index contributed by atoms with van der Waals surface area (Å²) in [6, 6.07) is 1.40. The molecule has 0 saturated heterocycles. The Morgan fingerprint density at radius 3 is 2.88 bits per heavy atom. The predicted molar refractivity (Wildman–Crippen MR) is 83.9 cm³/mol. The van der Waals surface area contributed by atoms with Crippen LogP contribution >= 0.6 is 0 Å². The van der Waals surface area contributed by atoms with Crippen LogP contribution in [0, 0.1) is 5.92 Å². The number of hydrogen-bond acceptors (Lipinski definition) is 3. The number of anilines is 1. The number of halogens is 3. The SMILES string of the molecule is CN(C[C@H]1CCc2nc(C(F)(F)F)cn2C1)C(=O)Nc1ccnn1C. The summed E-state index contributed by atoms with van der Waals surface area (Å²) in [5, 5.41) is 6.72. The van der Waals surface area contributed by atoms with Gasteiger partial charge in [-0.1, -0.05) is 0 Å². The second-order valence-electron chi connectivity index (χ2n) is 6.25. The number of imidazole rings is 1. The Hall–Kier alpha value is -2.52. The fourth-order valence-electron chi connectivity index (χ4n) is 2.97. The minimum Gasteiger partial charge on any atom is -0.334 e. The molecule has 3 heterocycles. The smallest absolute Gasteiger partial charge is 0.334 e. The van der Waals surface area contributed by atoms with Crippen LogP contribution in [0.4, 0.5) is 23.8 Å². The third kappa shape index (κ3) is 3.77. The molecule has 0 aliphatic carbocycles. The van der Waals surface area contributed by atoms with Crippen molar-refractivity contribution in [3.05, 3.63) is 30.0 Å². The van der Waals surface area contributed by atoms with E-state index in [9.17, 15) is 18.0 Å². The molecule has 1 aliphatic rings. The van der Waals surface area contributed by atoms with Gasteiger partial charge in [0, 0.05) is 45.9 Å². The summed E-state index contributed by atoms with van der Waals surface area (Å²) in [5.74, 6) is 1.10. The van der Waals surface area contributed by atoms with Crippen LogP contribution in [0.15, 0.2) is 18.5 Å². The fraction of sp³-hybridized carbons (Fsp3) is 0.533. The first-order chi connectivity index (χ1) is 11.7. The average molecular weight is 356 g/mol. The van der Waals surface area contributed by atoms with Gasteiger partial charge in [0.25, 0.3) is 0 Å². The largest absolute Gasteiger partial charge is 0.434 e. The van der Waals surface area contributed by atoms with E-state index in [1.54, 1.807) is 35.6 Å². The molecule has 25 heavy (non-hydrogen) atoms. The predicted octanol–water partition coefficient (Wildman–Crippen LogP) is 2.36. The summed E-state index contributed by atoms with van der Waals surface area (Å²) < 4.78 is 41.4. The van der Waals surface area contributed by atoms with Crippen LogP contribution < -0.4 is 5.32 Å². The normalized spacial score (nSPS) is 17.2. The first kappa shape index (κ1) is 17.3. The molecule has 0 bridgehead atoms. The summed E-state index contributed by atoms with van der Waals surface area (Å²) in [5.41, 5.74) is -0.856. The van der Waals surface area contributed by atoms with Gasteiger partial charge in [0.05, 0.1) is 6.20 Å². The van der Waals surface area contributed by atoms with Gasteiger partial charge in [0.15, 0.2) is 5.69 Å². The van der Waals surface area contributed by atoms with Crippen molar-refractivity contribution < 1.29 is 18.0 Å². The van der Waals surface area contributed by atoms with Crippen LogP contribution in [0.5, 0.6) is 0 Å². The molecule has 0 unspecified atom stereocenters. The Morgan fingerprint density at radius 1 is 1.48 bits per heavy atom. The van der Waals surface area contributed by atoms with Crippen molar-refractivity contribution in [3.63, 3.8) is 0 Å². The quantitative estimate of drug-likeness (QED) is 0.918. The van der Waals surface area contributed by atoms with Gasteiger partial charge in [-0.15, -0.1) is 0 Å². The number of hydrogen-bond donors (Lipinski definition) is 1. The van der Waals surface area contributed by atoms with E-state index in [1.165, 1.54) is 4.90 Å². The van der Waals surface area contributed by atoms with Crippen molar-refractivity contribution in [1.82, 2.24) is 24.2 Å². The molecule has 136 valence electrons. The van der Waals surface area contributed by atoms with Crippen LogP contribution in [-0.4, -0.2) is 43.9 Å². The van der Waals surface area contributed by atoms with E-state index in [1.807, 2.05) is 0 Å². The van der Waals surface area contributed by atoms with Crippen molar-refractivity contribution in [1.29, 1.82) is 0 Å². The molecule has 2 aromatic heterocycles. The Balaban J connectivity index is 1.59. The molecule has 0 fully saturated rings. The van der Waals surface area contributed by atoms with Crippen LogP contribution in [0.2, 0.25) is 0 Å². The average Bonchev–Trinajstić information content (AvgIpc) is 3.13. The molecule has 0 aromatic carbocycles. The number of alkyl halides is 3. The minimum atomic E-state index is -4.43. The van der Waals surface area contributed by atoms with Crippen molar-refractivity contribution in [2.45, 2.75) is 25.6 Å². The maximum atomic E-state index is 12.8. The zero-order valence-corrected chi connectivity index (χ0v) is 13.9. The molecule has 0 saturated carbocycles. The van der Waals surface area contributed by atoms with Crippen LogP contribution in [0.25, 0.3) is 0 Å². The highest BCUT2D eigenvalue weighted by Crippen LogP contribution is 2.30. The van der Waals surface area contributed by atoms with E-state index in [4.69, 9.17) is 0 Å². The third-order valence-corrected chi connectivity index (χ3v) is 4.32. The molecule has 0 radical (unpaired) electrons. The van der Waals surface area contributed by atoms with Gasteiger partial charge >= 0.3 is 12.2 Å². The van der Waals surface area contributed by atoms with Crippen molar-refractivity contribution in [2.24, 2.45) is 13.0 Å². The van der Waals surface area contributed by atoms with Gasteiger partial charge in [-0.25, -0.2) is 9.78 Å². The lowest BCUT2D eigenvalue weighted by atomic mass is 9.99. The minimum absolute atomic E-state index is 0.0741. The van der Waals surface area contributed by atoms with Gasteiger partial charge < -0.3 is 9.47 Å². The zero-order chi connectivity index (χ0) is 18.2. The Morgan fingerprint density at radius 2 is 2.24 bits per heavy atom. The summed E-state index contributed by atoms with van der Waals surface area (Å²) in [7, 11) is 3.38. The number of carbonyl (C=O) groups excluding carboxylic acids is 1. The highest BCUT2D eigenvalue weighted by Gasteiger charge is 2.36. The third-order valence-electron chi connectivity index (χ3n) is 4.32. The van der Waals surface area contributed by atoms with E-state index in [2.05, 4.69) is 15.4 Å². The summed E-state index contributed by atoms with van der Waals surface area (Å²) in [6.07, 6.45) is -0.637. The summed E-state index contributed by atoms with van der Waals surface area (Å²) >= 11 is 0. The zero-order valence-electron chi connectivity index (χ0n) is 13.9. The number of aromatic nitrogens is 4. The standard InChI is InChI=1S/C15H19F3N6O/c1-22(14(25)21-12-5-6-19-23(12)2)7-10-3-4-13-20-11(15(16,17)18)9-24(13)8-10/h5-6,9-10H,3-4,7-8H2,1-2H3,(H,21,25)/t10-/m1/s1. The van der Waals surface area contributed by atoms with Gasteiger partial charge in [-0.3, -0.25) is 10.00 Å². The van der Waals surface area contributed by atoms with Crippen LogP contribution in [0.3, 0.4) is 0 Å². The maximum Gasteiger partial charge on any atom is 0.434 e.